The summed E-state index contributed by atoms with van der Waals surface area (Å²) in [5.41, 5.74) is 5.58. The van der Waals surface area contributed by atoms with Crippen molar-refractivity contribution in [3.05, 3.63) is 63.6 Å². The Morgan fingerprint density at radius 3 is 2.90 bits per heavy atom. The Morgan fingerprint density at radius 1 is 1.24 bits per heavy atom. The summed E-state index contributed by atoms with van der Waals surface area (Å²) in [7, 11) is 0. The Morgan fingerprint density at radius 2 is 2.14 bits per heavy atom. The third kappa shape index (κ3) is 3.24. The van der Waals surface area contributed by atoms with E-state index in [1.165, 1.54) is 9.13 Å². The fourth-order valence-electron chi connectivity index (χ4n) is 2.22. The maximum Gasteiger partial charge on any atom is 0.0715 e. The number of hydrogen-bond acceptors (Lipinski definition) is 3. The molecule has 106 valence electrons. The highest BCUT2D eigenvalue weighted by molar-refractivity contribution is 14.1. The summed E-state index contributed by atoms with van der Waals surface area (Å²) in [6.07, 6.45) is 5.47. The van der Waals surface area contributed by atoms with Gasteiger partial charge in [-0.1, -0.05) is 0 Å². The van der Waals surface area contributed by atoms with Crippen molar-refractivity contribution >= 4 is 28.3 Å². The predicted molar refractivity (Wildman–Crippen MR) is 93.0 cm³/mol. The molecule has 0 bridgehead atoms. The van der Waals surface area contributed by atoms with Gasteiger partial charge in [0.25, 0.3) is 0 Å². The molecule has 5 heteroatoms. The average molecular weight is 390 g/mol. The molecule has 0 aliphatic heterocycles. The molecule has 3 rings (SSSR count). The van der Waals surface area contributed by atoms with Crippen molar-refractivity contribution in [3.63, 3.8) is 0 Å². The fourth-order valence-corrected chi connectivity index (χ4v) is 2.87. The number of anilines is 1. The molecule has 2 aromatic heterocycles. The highest BCUT2D eigenvalue weighted by atomic mass is 127. The zero-order valence-electron chi connectivity index (χ0n) is 11.6. The molecular weight excluding hydrogens is 375 g/mol. The quantitative estimate of drug-likeness (QED) is 0.663. The zero-order valence-corrected chi connectivity index (χ0v) is 13.8. The lowest BCUT2D eigenvalue weighted by Crippen LogP contribution is -2.01. The Kier molecular flexibility index (Phi) is 4.19. The Hall–Kier alpha value is -1.89. The Bertz CT molecular complexity index is 737. The standard InChI is InChI=1S/C16H15IN4/c1-11-7-14(17)4-5-15(11)19-9-13-10-20-21-16(13)12-3-2-6-18-8-12/h2-8,10,19H,9H2,1H3,(H,20,21). The first-order chi connectivity index (χ1) is 10.2. The van der Waals surface area contributed by atoms with E-state index >= 15 is 0 Å². The second-order valence-corrected chi connectivity index (χ2v) is 6.07. The van der Waals surface area contributed by atoms with Crippen molar-refractivity contribution in [3.8, 4) is 11.3 Å². The van der Waals surface area contributed by atoms with Crippen LogP contribution in [0.25, 0.3) is 11.3 Å². The third-order valence-corrected chi connectivity index (χ3v) is 4.00. The van der Waals surface area contributed by atoms with Crippen LogP contribution in [0.2, 0.25) is 0 Å². The van der Waals surface area contributed by atoms with Crippen molar-refractivity contribution in [1.82, 2.24) is 15.2 Å². The molecule has 2 N–H and O–H groups in total. The van der Waals surface area contributed by atoms with Crippen LogP contribution in [0, 0.1) is 10.5 Å². The van der Waals surface area contributed by atoms with E-state index in [1.807, 2.05) is 24.5 Å². The van der Waals surface area contributed by atoms with Gasteiger partial charge in [-0.25, -0.2) is 0 Å². The first kappa shape index (κ1) is 14.1. The smallest absolute Gasteiger partial charge is 0.0715 e. The molecule has 0 fully saturated rings. The summed E-state index contributed by atoms with van der Waals surface area (Å²) >= 11 is 2.32. The predicted octanol–water partition coefficient (Wildman–Crippen LogP) is 4.00. The maximum atomic E-state index is 4.15. The molecule has 0 atom stereocenters. The molecule has 3 aromatic rings. The van der Waals surface area contributed by atoms with E-state index in [0.717, 1.165) is 29.1 Å². The highest BCUT2D eigenvalue weighted by Gasteiger charge is 2.08. The molecule has 0 saturated carbocycles. The number of pyridine rings is 1. The number of rotatable bonds is 4. The number of aromatic amines is 1. The van der Waals surface area contributed by atoms with Crippen LogP contribution in [-0.4, -0.2) is 15.2 Å². The van der Waals surface area contributed by atoms with Gasteiger partial charge in [0.2, 0.25) is 0 Å². The Balaban J connectivity index is 1.79. The van der Waals surface area contributed by atoms with Gasteiger partial charge in [-0.3, -0.25) is 10.1 Å². The van der Waals surface area contributed by atoms with Crippen LogP contribution in [0.5, 0.6) is 0 Å². The minimum Gasteiger partial charge on any atom is -0.381 e. The molecular formula is C16H15IN4. The molecule has 0 radical (unpaired) electrons. The summed E-state index contributed by atoms with van der Waals surface area (Å²) in [5.74, 6) is 0. The van der Waals surface area contributed by atoms with E-state index in [9.17, 15) is 0 Å². The van der Waals surface area contributed by atoms with Crippen LogP contribution in [0.4, 0.5) is 5.69 Å². The Labute approximate surface area is 137 Å². The van der Waals surface area contributed by atoms with Crippen molar-refractivity contribution in [1.29, 1.82) is 0 Å². The summed E-state index contributed by atoms with van der Waals surface area (Å²) in [4.78, 5) is 4.15. The monoisotopic (exact) mass is 390 g/mol. The SMILES string of the molecule is Cc1cc(I)ccc1NCc1cn[nH]c1-c1cccnc1. The van der Waals surface area contributed by atoms with E-state index in [2.05, 4.69) is 68.2 Å². The van der Waals surface area contributed by atoms with Crippen LogP contribution >= 0.6 is 22.6 Å². The number of aromatic nitrogens is 3. The van der Waals surface area contributed by atoms with Crippen LogP contribution in [-0.2, 0) is 6.54 Å². The maximum absolute atomic E-state index is 4.15. The summed E-state index contributed by atoms with van der Waals surface area (Å²) in [6, 6.07) is 10.3. The van der Waals surface area contributed by atoms with E-state index < -0.39 is 0 Å². The molecule has 1 aromatic carbocycles. The van der Waals surface area contributed by atoms with Crippen LogP contribution in [0.3, 0.4) is 0 Å². The topological polar surface area (TPSA) is 53.6 Å². The lowest BCUT2D eigenvalue weighted by Gasteiger charge is -2.10. The third-order valence-electron chi connectivity index (χ3n) is 3.33. The van der Waals surface area contributed by atoms with Crippen molar-refractivity contribution in [2.75, 3.05) is 5.32 Å². The number of H-pyrrole nitrogens is 1. The first-order valence-electron chi connectivity index (χ1n) is 6.67. The highest BCUT2D eigenvalue weighted by Crippen LogP contribution is 2.22. The second kappa shape index (κ2) is 6.26. The molecule has 0 saturated heterocycles. The fraction of sp³-hybridized carbons (Fsp3) is 0.125. The largest absolute Gasteiger partial charge is 0.381 e. The molecule has 0 amide bonds. The number of nitrogens with one attached hydrogen (secondary N) is 2. The van der Waals surface area contributed by atoms with E-state index in [0.29, 0.717) is 0 Å². The molecule has 21 heavy (non-hydrogen) atoms. The van der Waals surface area contributed by atoms with Gasteiger partial charge in [0.05, 0.1) is 11.9 Å². The van der Waals surface area contributed by atoms with Gasteiger partial charge in [0.1, 0.15) is 0 Å². The van der Waals surface area contributed by atoms with Crippen LogP contribution < -0.4 is 5.32 Å². The molecule has 2 heterocycles. The summed E-state index contributed by atoms with van der Waals surface area (Å²) in [6.45, 7) is 2.84. The lowest BCUT2D eigenvalue weighted by molar-refractivity contribution is 1.09. The van der Waals surface area contributed by atoms with Gasteiger partial charge >= 0.3 is 0 Å². The number of hydrogen-bond donors (Lipinski definition) is 2. The normalized spacial score (nSPS) is 10.6. The molecule has 4 nitrogen and oxygen atoms in total. The summed E-state index contributed by atoms with van der Waals surface area (Å²) in [5, 5.41) is 10.7. The van der Waals surface area contributed by atoms with Crippen LogP contribution in [0.1, 0.15) is 11.1 Å². The molecule has 0 aliphatic rings. The van der Waals surface area contributed by atoms with Crippen molar-refractivity contribution < 1.29 is 0 Å². The van der Waals surface area contributed by atoms with E-state index in [4.69, 9.17) is 0 Å². The van der Waals surface area contributed by atoms with Gasteiger partial charge < -0.3 is 5.32 Å². The first-order valence-corrected chi connectivity index (χ1v) is 7.74. The minimum absolute atomic E-state index is 0.724. The van der Waals surface area contributed by atoms with E-state index in [1.54, 1.807) is 6.20 Å². The number of aryl methyl sites for hydroxylation is 1. The van der Waals surface area contributed by atoms with Gasteiger partial charge in [-0.2, -0.15) is 5.10 Å². The van der Waals surface area contributed by atoms with Gasteiger partial charge in [-0.15, -0.1) is 0 Å². The van der Waals surface area contributed by atoms with Crippen LogP contribution in [0.15, 0.2) is 48.9 Å². The average Bonchev–Trinajstić information content (AvgIpc) is 2.96. The second-order valence-electron chi connectivity index (χ2n) is 4.82. The number of nitrogens with zero attached hydrogens (tertiary/aromatic N) is 2. The summed E-state index contributed by atoms with van der Waals surface area (Å²) < 4.78 is 1.25. The molecule has 0 aliphatic carbocycles. The number of halogens is 1. The lowest BCUT2D eigenvalue weighted by atomic mass is 10.1. The molecule has 0 spiro atoms. The van der Waals surface area contributed by atoms with Gasteiger partial charge in [-0.05, 0) is 65.4 Å². The van der Waals surface area contributed by atoms with Gasteiger partial charge in [0.15, 0.2) is 0 Å². The van der Waals surface area contributed by atoms with Crippen molar-refractivity contribution in [2.45, 2.75) is 13.5 Å². The van der Waals surface area contributed by atoms with Crippen molar-refractivity contribution in [2.24, 2.45) is 0 Å². The minimum atomic E-state index is 0.724. The van der Waals surface area contributed by atoms with E-state index in [-0.39, 0.29) is 0 Å². The van der Waals surface area contributed by atoms with Gasteiger partial charge in [0, 0.05) is 39.3 Å². The number of benzene rings is 1. The zero-order chi connectivity index (χ0) is 14.7. The molecule has 0 unspecified atom stereocenters.